The normalized spacial score (nSPS) is 21.6. The summed E-state index contributed by atoms with van der Waals surface area (Å²) in [7, 11) is -4.16. The van der Waals surface area contributed by atoms with Gasteiger partial charge in [0.1, 0.15) is 22.6 Å². The van der Waals surface area contributed by atoms with E-state index in [9.17, 15) is 27.7 Å². The topological polar surface area (TPSA) is 133 Å². The molecule has 43 heavy (non-hydrogen) atoms. The number of hydrogen-bond acceptors (Lipinski definition) is 7. The van der Waals surface area contributed by atoms with E-state index in [0.29, 0.717) is 24.0 Å². The second kappa shape index (κ2) is 10.7. The van der Waals surface area contributed by atoms with Gasteiger partial charge in [-0.3, -0.25) is 14.6 Å². The highest BCUT2D eigenvalue weighted by atomic mass is 35.5. The standard InChI is InChI=1S/C29H23Cl3FN5O4S/c30-18-11-21(33)25(36-13-18)29(6-7-29)27(40)38-14-19(12-22(38)26(39)37-28(15-34)4-5-28)43(41,42)23-2-1-16(9-20(23)31)17-3-8-35-24(32)10-17/h1-3,8-11,13,19,22H,4-7,12,14H2,(H,37,39)/t19-,22+/m1/s1. The fourth-order valence-corrected chi connectivity index (χ4v) is 8.16. The molecule has 1 N–H and O–H groups in total. The van der Waals surface area contributed by atoms with Gasteiger partial charge in [0.2, 0.25) is 11.8 Å². The summed E-state index contributed by atoms with van der Waals surface area (Å²) in [6.45, 7) is -0.326. The third kappa shape index (κ3) is 5.35. The van der Waals surface area contributed by atoms with Gasteiger partial charge in [0, 0.05) is 18.9 Å². The third-order valence-corrected chi connectivity index (χ3v) is 11.3. The molecule has 0 unspecified atom stereocenters. The van der Waals surface area contributed by atoms with Crippen LogP contribution in [0.15, 0.2) is 53.7 Å². The van der Waals surface area contributed by atoms with E-state index in [-0.39, 0.29) is 51.6 Å². The number of benzene rings is 1. The number of nitrogens with one attached hydrogen (secondary N) is 1. The summed E-state index contributed by atoms with van der Waals surface area (Å²) in [5.74, 6) is -2.00. The number of aromatic nitrogens is 2. The van der Waals surface area contributed by atoms with Crippen molar-refractivity contribution in [3.63, 3.8) is 0 Å². The van der Waals surface area contributed by atoms with Crippen molar-refractivity contribution >= 4 is 56.5 Å². The molecule has 0 radical (unpaired) electrons. The minimum absolute atomic E-state index is 0.0382. The second-order valence-electron chi connectivity index (χ2n) is 11.1. The van der Waals surface area contributed by atoms with E-state index >= 15 is 0 Å². The molecule has 0 bridgehead atoms. The van der Waals surface area contributed by atoms with Gasteiger partial charge in [0.25, 0.3) is 0 Å². The van der Waals surface area contributed by atoms with Gasteiger partial charge in [-0.05, 0) is 73.6 Å². The Morgan fingerprint density at radius 2 is 1.77 bits per heavy atom. The van der Waals surface area contributed by atoms with Crippen molar-refractivity contribution in [1.82, 2.24) is 20.2 Å². The molecule has 3 aromatic rings. The van der Waals surface area contributed by atoms with E-state index in [1.165, 1.54) is 29.4 Å². The zero-order valence-electron chi connectivity index (χ0n) is 22.4. The van der Waals surface area contributed by atoms with Gasteiger partial charge in [-0.15, -0.1) is 0 Å². The first-order valence-corrected chi connectivity index (χ1v) is 16.1. The van der Waals surface area contributed by atoms with Crippen LogP contribution >= 0.6 is 34.8 Å². The molecule has 2 saturated carbocycles. The Balaban J connectivity index is 1.33. The van der Waals surface area contributed by atoms with Gasteiger partial charge in [-0.25, -0.2) is 17.8 Å². The van der Waals surface area contributed by atoms with Gasteiger partial charge in [-0.2, -0.15) is 5.26 Å². The number of halogens is 4. The Labute approximate surface area is 261 Å². The van der Waals surface area contributed by atoms with Gasteiger partial charge in [0.05, 0.1) is 37.4 Å². The molecule has 6 rings (SSSR count). The molecular formula is C29H23Cl3FN5O4S. The number of carbonyl (C=O) groups excluding carboxylic acids is 2. The highest BCUT2D eigenvalue weighted by Crippen LogP contribution is 2.51. The maximum Gasteiger partial charge on any atom is 0.244 e. The van der Waals surface area contributed by atoms with Crippen LogP contribution in [0.2, 0.25) is 15.2 Å². The summed E-state index contributed by atoms with van der Waals surface area (Å²) in [4.78, 5) is 36.6. The lowest BCUT2D eigenvalue weighted by atomic mass is 9.98. The van der Waals surface area contributed by atoms with Crippen LogP contribution in [-0.2, 0) is 24.8 Å². The van der Waals surface area contributed by atoms with E-state index in [2.05, 4.69) is 21.4 Å². The van der Waals surface area contributed by atoms with E-state index in [0.717, 1.165) is 6.07 Å². The fourth-order valence-electron chi connectivity index (χ4n) is 5.60. The molecule has 14 heteroatoms. The van der Waals surface area contributed by atoms with Crippen molar-refractivity contribution in [2.24, 2.45) is 0 Å². The largest absolute Gasteiger partial charge is 0.336 e. The molecule has 1 aliphatic heterocycles. The first-order valence-electron chi connectivity index (χ1n) is 13.4. The molecule has 3 heterocycles. The number of carbonyl (C=O) groups is 2. The highest BCUT2D eigenvalue weighted by molar-refractivity contribution is 7.92. The van der Waals surface area contributed by atoms with E-state index in [4.69, 9.17) is 34.8 Å². The monoisotopic (exact) mass is 661 g/mol. The van der Waals surface area contributed by atoms with Crippen LogP contribution in [0.25, 0.3) is 11.1 Å². The number of rotatable bonds is 7. The molecule has 2 amide bonds. The average Bonchev–Trinajstić information content (AvgIpc) is 3.89. The Hall–Kier alpha value is -3.30. The fraction of sp³-hybridized carbons (Fsp3) is 0.345. The van der Waals surface area contributed by atoms with Crippen LogP contribution in [0.3, 0.4) is 0 Å². The van der Waals surface area contributed by atoms with Crippen molar-refractivity contribution in [3.05, 3.63) is 75.5 Å². The zero-order valence-corrected chi connectivity index (χ0v) is 25.4. The Morgan fingerprint density at radius 1 is 1.05 bits per heavy atom. The van der Waals surface area contributed by atoms with Crippen LogP contribution < -0.4 is 5.32 Å². The summed E-state index contributed by atoms with van der Waals surface area (Å²) in [5, 5.41) is 11.3. The summed E-state index contributed by atoms with van der Waals surface area (Å²) < 4.78 is 42.8. The predicted molar refractivity (Wildman–Crippen MR) is 157 cm³/mol. The van der Waals surface area contributed by atoms with E-state index in [1.807, 2.05) is 0 Å². The average molecular weight is 663 g/mol. The Kier molecular flexibility index (Phi) is 7.40. The van der Waals surface area contributed by atoms with Crippen LogP contribution in [-0.4, -0.2) is 58.5 Å². The molecule has 222 valence electrons. The minimum Gasteiger partial charge on any atom is -0.336 e. The number of pyridine rings is 2. The minimum atomic E-state index is -4.16. The first-order chi connectivity index (χ1) is 20.4. The second-order valence-corrected chi connectivity index (χ2v) is 14.6. The van der Waals surface area contributed by atoms with Crippen molar-refractivity contribution in [1.29, 1.82) is 5.26 Å². The van der Waals surface area contributed by atoms with Gasteiger partial charge < -0.3 is 10.2 Å². The Morgan fingerprint density at radius 3 is 2.37 bits per heavy atom. The highest BCUT2D eigenvalue weighted by Gasteiger charge is 2.60. The van der Waals surface area contributed by atoms with Crippen molar-refractivity contribution in [2.45, 2.75) is 59.2 Å². The zero-order chi connectivity index (χ0) is 30.7. The molecule has 3 aliphatic rings. The molecule has 2 aliphatic carbocycles. The van der Waals surface area contributed by atoms with Crippen molar-refractivity contribution in [2.75, 3.05) is 6.54 Å². The molecule has 1 aromatic carbocycles. The van der Waals surface area contributed by atoms with Crippen LogP contribution in [0.4, 0.5) is 4.39 Å². The maximum absolute atomic E-state index is 14.9. The molecule has 9 nitrogen and oxygen atoms in total. The number of nitrogens with zero attached hydrogens (tertiary/aromatic N) is 4. The first kappa shape index (κ1) is 29.8. The third-order valence-electron chi connectivity index (χ3n) is 8.31. The summed E-state index contributed by atoms with van der Waals surface area (Å²) >= 11 is 18.4. The Bertz CT molecular complexity index is 1820. The van der Waals surface area contributed by atoms with Gasteiger partial charge in [0.15, 0.2) is 9.84 Å². The van der Waals surface area contributed by atoms with Crippen molar-refractivity contribution < 1.29 is 22.4 Å². The summed E-state index contributed by atoms with van der Waals surface area (Å²) in [6.07, 6.45) is 3.97. The number of nitriles is 1. The number of amides is 2. The number of sulfone groups is 1. The molecule has 2 atom stereocenters. The molecule has 2 aromatic heterocycles. The molecular weight excluding hydrogens is 640 g/mol. The van der Waals surface area contributed by atoms with Crippen molar-refractivity contribution in [3.8, 4) is 17.2 Å². The lowest BCUT2D eigenvalue weighted by molar-refractivity contribution is -0.140. The maximum atomic E-state index is 14.9. The van der Waals surface area contributed by atoms with Crippen LogP contribution in [0.1, 0.15) is 37.8 Å². The lowest BCUT2D eigenvalue weighted by Crippen LogP contribution is -2.52. The summed E-state index contributed by atoms with van der Waals surface area (Å²) in [5.41, 5.74) is -1.18. The molecule has 1 saturated heterocycles. The quantitative estimate of drug-likeness (QED) is 0.356. The van der Waals surface area contributed by atoms with Crippen LogP contribution in [0, 0.1) is 17.1 Å². The number of hydrogen-bond donors (Lipinski definition) is 1. The molecule has 0 spiro atoms. The number of likely N-dealkylation sites (tertiary alicyclic amines) is 1. The van der Waals surface area contributed by atoms with E-state index in [1.54, 1.807) is 18.2 Å². The smallest absolute Gasteiger partial charge is 0.244 e. The van der Waals surface area contributed by atoms with E-state index < -0.39 is 49.7 Å². The van der Waals surface area contributed by atoms with Gasteiger partial charge in [-0.1, -0.05) is 40.9 Å². The SMILES string of the molecule is N#CC1(NC(=O)[C@@H]2C[C@@H](S(=O)(=O)c3ccc(-c4ccnc(Cl)c4)cc3Cl)CN2C(=O)C2(c3ncc(Cl)cc3F)CC2)CC1. The van der Waals surface area contributed by atoms with Gasteiger partial charge >= 0.3 is 0 Å². The summed E-state index contributed by atoms with van der Waals surface area (Å²) in [6, 6.07) is 9.72. The molecule has 3 fully saturated rings. The van der Waals surface area contributed by atoms with Crippen LogP contribution in [0.5, 0.6) is 0 Å². The predicted octanol–water partition coefficient (Wildman–Crippen LogP) is 4.89. The lowest BCUT2D eigenvalue weighted by Gasteiger charge is -2.28.